The first-order chi connectivity index (χ1) is 10.9. The number of piperidine rings is 1. The normalized spacial score (nSPS) is 17.7. The number of carbonyl (C=O) groups excluding carboxylic acids is 2. The Hall–Kier alpha value is -1.95. The zero-order valence-electron chi connectivity index (χ0n) is 13.3. The Kier molecular flexibility index (Phi) is 5.71. The largest absolute Gasteiger partial charge is 0.493 e. The molecule has 1 fully saturated rings. The average Bonchev–Trinajstić information content (AvgIpc) is 2.52. The molecule has 2 rings (SSSR count). The number of likely N-dealkylation sites (tertiary alicyclic amines) is 1. The molecule has 1 saturated heterocycles. The Morgan fingerprint density at radius 2 is 2.13 bits per heavy atom. The quantitative estimate of drug-likeness (QED) is 0.891. The number of carbonyl (C=O) groups is 2. The second-order valence-electron chi connectivity index (χ2n) is 5.59. The highest BCUT2D eigenvalue weighted by Crippen LogP contribution is 2.37. The number of nitrogens with zero attached hydrogens (tertiary/aromatic N) is 1. The summed E-state index contributed by atoms with van der Waals surface area (Å²) in [7, 11) is 1.45. The third-order valence-corrected chi connectivity index (χ3v) is 4.18. The highest BCUT2D eigenvalue weighted by Gasteiger charge is 2.26. The number of hydrogen-bond donors (Lipinski definition) is 1. The van der Waals surface area contributed by atoms with Crippen LogP contribution in [0.2, 0.25) is 5.02 Å². The zero-order valence-corrected chi connectivity index (χ0v) is 14.1. The number of hydrogen-bond acceptors (Lipinski definition) is 4. The molecule has 0 spiro atoms. The van der Waals surface area contributed by atoms with E-state index in [1.807, 2.05) is 11.8 Å². The van der Waals surface area contributed by atoms with Gasteiger partial charge in [0.05, 0.1) is 12.1 Å². The lowest BCUT2D eigenvalue weighted by Gasteiger charge is -2.33. The number of nitrogens with two attached hydrogens (primary N) is 1. The standard InChI is InChI=1S/C16H21ClN2O4/c1-10-5-3-4-6-19(10)16(21)11-7-12(17)15(13(8-11)22-2)23-9-14(18)20/h7-8,10H,3-6,9H2,1-2H3,(H2,18,20)/t10-/m1/s1. The average molecular weight is 341 g/mol. The number of benzene rings is 1. The first kappa shape index (κ1) is 17.4. The summed E-state index contributed by atoms with van der Waals surface area (Å²) in [4.78, 5) is 25.4. The Bertz CT molecular complexity index is 606. The van der Waals surface area contributed by atoms with Crippen LogP contribution in [-0.4, -0.2) is 43.0 Å². The molecule has 1 atom stereocenters. The molecule has 0 aromatic heterocycles. The van der Waals surface area contributed by atoms with E-state index in [1.165, 1.54) is 13.2 Å². The van der Waals surface area contributed by atoms with Crippen molar-refractivity contribution in [3.05, 3.63) is 22.7 Å². The third-order valence-electron chi connectivity index (χ3n) is 3.90. The Morgan fingerprint density at radius 3 is 2.74 bits per heavy atom. The van der Waals surface area contributed by atoms with Gasteiger partial charge < -0.3 is 20.1 Å². The van der Waals surface area contributed by atoms with E-state index in [9.17, 15) is 9.59 Å². The molecule has 1 aromatic carbocycles. The van der Waals surface area contributed by atoms with Crippen molar-refractivity contribution in [3.8, 4) is 11.5 Å². The van der Waals surface area contributed by atoms with Gasteiger partial charge in [-0.25, -0.2) is 0 Å². The monoisotopic (exact) mass is 340 g/mol. The molecule has 0 bridgehead atoms. The molecule has 0 unspecified atom stereocenters. The van der Waals surface area contributed by atoms with Crippen LogP contribution in [0.3, 0.4) is 0 Å². The number of halogens is 1. The van der Waals surface area contributed by atoms with Gasteiger partial charge in [0.15, 0.2) is 18.1 Å². The van der Waals surface area contributed by atoms with Gasteiger partial charge in [0.1, 0.15) is 0 Å². The van der Waals surface area contributed by atoms with Crippen LogP contribution in [0.5, 0.6) is 11.5 Å². The molecule has 0 saturated carbocycles. The summed E-state index contributed by atoms with van der Waals surface area (Å²) in [5.41, 5.74) is 5.50. The van der Waals surface area contributed by atoms with Crippen molar-refractivity contribution in [2.24, 2.45) is 5.73 Å². The summed E-state index contributed by atoms with van der Waals surface area (Å²) in [6.45, 7) is 2.46. The molecule has 1 heterocycles. The van der Waals surface area contributed by atoms with E-state index in [-0.39, 0.29) is 29.3 Å². The summed E-state index contributed by atoms with van der Waals surface area (Å²) in [5.74, 6) is -0.202. The van der Waals surface area contributed by atoms with Crippen molar-refractivity contribution in [2.45, 2.75) is 32.2 Å². The lowest BCUT2D eigenvalue weighted by Crippen LogP contribution is -2.42. The van der Waals surface area contributed by atoms with Gasteiger partial charge in [-0.3, -0.25) is 9.59 Å². The first-order valence-corrected chi connectivity index (χ1v) is 7.91. The van der Waals surface area contributed by atoms with E-state index >= 15 is 0 Å². The predicted molar refractivity (Wildman–Crippen MR) is 87.0 cm³/mol. The summed E-state index contributed by atoms with van der Waals surface area (Å²) < 4.78 is 10.5. The minimum atomic E-state index is -0.620. The van der Waals surface area contributed by atoms with Gasteiger partial charge in [0.2, 0.25) is 0 Å². The van der Waals surface area contributed by atoms with E-state index < -0.39 is 5.91 Å². The smallest absolute Gasteiger partial charge is 0.255 e. The van der Waals surface area contributed by atoms with Gasteiger partial charge >= 0.3 is 0 Å². The summed E-state index contributed by atoms with van der Waals surface area (Å²) >= 11 is 6.19. The molecule has 1 aromatic rings. The van der Waals surface area contributed by atoms with Crippen LogP contribution in [0, 0.1) is 0 Å². The Balaban J connectivity index is 2.27. The van der Waals surface area contributed by atoms with Crippen LogP contribution in [0.15, 0.2) is 12.1 Å². The Labute approximate surface area is 140 Å². The number of rotatable bonds is 5. The third kappa shape index (κ3) is 4.07. The van der Waals surface area contributed by atoms with Crippen LogP contribution in [-0.2, 0) is 4.79 Å². The zero-order chi connectivity index (χ0) is 17.0. The number of ether oxygens (including phenoxy) is 2. The molecular weight excluding hydrogens is 320 g/mol. The van der Waals surface area contributed by atoms with Crippen LogP contribution in [0.1, 0.15) is 36.5 Å². The van der Waals surface area contributed by atoms with Crippen molar-refractivity contribution < 1.29 is 19.1 Å². The van der Waals surface area contributed by atoms with Gasteiger partial charge in [-0.15, -0.1) is 0 Å². The molecule has 0 aliphatic carbocycles. The van der Waals surface area contributed by atoms with Gasteiger partial charge in [0.25, 0.3) is 11.8 Å². The maximum atomic E-state index is 12.7. The van der Waals surface area contributed by atoms with Crippen molar-refractivity contribution in [2.75, 3.05) is 20.3 Å². The molecule has 6 nitrogen and oxygen atoms in total. The highest BCUT2D eigenvalue weighted by atomic mass is 35.5. The lowest BCUT2D eigenvalue weighted by molar-refractivity contribution is -0.119. The molecule has 7 heteroatoms. The maximum Gasteiger partial charge on any atom is 0.255 e. The lowest BCUT2D eigenvalue weighted by atomic mass is 10.0. The van der Waals surface area contributed by atoms with Gasteiger partial charge in [0, 0.05) is 18.2 Å². The summed E-state index contributed by atoms with van der Waals surface area (Å²) in [6, 6.07) is 3.31. The number of amides is 2. The fraction of sp³-hybridized carbons (Fsp3) is 0.500. The van der Waals surface area contributed by atoms with Crippen molar-refractivity contribution in [3.63, 3.8) is 0 Å². The molecule has 23 heavy (non-hydrogen) atoms. The summed E-state index contributed by atoms with van der Waals surface area (Å²) in [6.07, 6.45) is 3.13. The van der Waals surface area contributed by atoms with Crippen LogP contribution in [0.25, 0.3) is 0 Å². The minimum Gasteiger partial charge on any atom is -0.493 e. The maximum absolute atomic E-state index is 12.7. The molecule has 126 valence electrons. The van der Waals surface area contributed by atoms with Crippen molar-refractivity contribution in [1.29, 1.82) is 0 Å². The topological polar surface area (TPSA) is 81.9 Å². The SMILES string of the molecule is COc1cc(C(=O)N2CCCC[C@H]2C)cc(Cl)c1OCC(N)=O. The minimum absolute atomic E-state index is 0.0844. The molecule has 1 aliphatic heterocycles. The summed E-state index contributed by atoms with van der Waals surface area (Å²) in [5, 5.41) is 0.207. The fourth-order valence-electron chi connectivity index (χ4n) is 2.69. The molecule has 2 N–H and O–H groups in total. The van der Waals surface area contributed by atoms with Gasteiger partial charge in [-0.2, -0.15) is 0 Å². The van der Waals surface area contributed by atoms with E-state index in [2.05, 4.69) is 0 Å². The Morgan fingerprint density at radius 1 is 1.39 bits per heavy atom. The van der Waals surface area contributed by atoms with Crippen molar-refractivity contribution in [1.82, 2.24) is 4.90 Å². The van der Waals surface area contributed by atoms with E-state index in [4.69, 9.17) is 26.8 Å². The highest BCUT2D eigenvalue weighted by molar-refractivity contribution is 6.32. The fourth-order valence-corrected chi connectivity index (χ4v) is 2.96. The van der Waals surface area contributed by atoms with Crippen molar-refractivity contribution >= 4 is 23.4 Å². The van der Waals surface area contributed by atoms with Crippen LogP contribution < -0.4 is 15.2 Å². The molecule has 0 radical (unpaired) electrons. The number of methoxy groups -OCH3 is 1. The van der Waals surface area contributed by atoms with E-state index in [0.717, 1.165) is 25.8 Å². The van der Waals surface area contributed by atoms with Crippen LogP contribution >= 0.6 is 11.6 Å². The molecular formula is C16H21ClN2O4. The predicted octanol–water partition coefficient (Wildman–Crippen LogP) is 2.23. The van der Waals surface area contributed by atoms with Crippen LogP contribution in [0.4, 0.5) is 0 Å². The number of primary amides is 1. The second-order valence-corrected chi connectivity index (χ2v) is 5.99. The first-order valence-electron chi connectivity index (χ1n) is 7.53. The van der Waals surface area contributed by atoms with Gasteiger partial charge in [-0.05, 0) is 38.3 Å². The van der Waals surface area contributed by atoms with Gasteiger partial charge in [-0.1, -0.05) is 11.6 Å². The van der Waals surface area contributed by atoms with E-state index in [1.54, 1.807) is 6.07 Å². The second kappa shape index (κ2) is 7.55. The molecule has 1 aliphatic rings. The molecule has 2 amide bonds. The van der Waals surface area contributed by atoms with E-state index in [0.29, 0.717) is 11.3 Å².